The van der Waals surface area contributed by atoms with Gasteiger partial charge < -0.3 is 4.74 Å². The van der Waals surface area contributed by atoms with Gasteiger partial charge in [0.2, 0.25) is 0 Å². The number of nitro groups is 1. The van der Waals surface area contributed by atoms with Crippen molar-refractivity contribution in [2.24, 2.45) is 0 Å². The molecule has 2 N–H and O–H groups in total. The van der Waals surface area contributed by atoms with Gasteiger partial charge >= 0.3 is 0 Å². The Kier molecular flexibility index (Phi) is 6.65. The molecule has 0 radical (unpaired) electrons. The van der Waals surface area contributed by atoms with Crippen LogP contribution in [0.25, 0.3) is 6.08 Å². The molecular weight excluding hydrogens is 350 g/mol. The SMILES string of the molecule is Cc1ccc(C)c(OCC(=O)NNC(=O)/C=C/c2ccc([N+](=O)[O-])cc2)c1. The Balaban J connectivity index is 1.78. The lowest BCUT2D eigenvalue weighted by Gasteiger charge is -2.10. The fourth-order valence-electron chi connectivity index (χ4n) is 2.09. The molecule has 0 fully saturated rings. The molecule has 2 aromatic carbocycles. The van der Waals surface area contributed by atoms with Crippen LogP contribution in [0.1, 0.15) is 16.7 Å². The molecular formula is C19H19N3O5. The van der Waals surface area contributed by atoms with Crippen LogP contribution in [-0.2, 0) is 9.59 Å². The van der Waals surface area contributed by atoms with Gasteiger partial charge in [-0.15, -0.1) is 0 Å². The molecule has 0 atom stereocenters. The van der Waals surface area contributed by atoms with Crippen molar-refractivity contribution in [2.45, 2.75) is 13.8 Å². The van der Waals surface area contributed by atoms with Gasteiger partial charge in [0.15, 0.2) is 6.61 Å². The summed E-state index contributed by atoms with van der Waals surface area (Å²) in [6, 6.07) is 11.4. The van der Waals surface area contributed by atoms with Crippen LogP contribution in [0.5, 0.6) is 5.75 Å². The Morgan fingerprint density at radius 3 is 2.48 bits per heavy atom. The van der Waals surface area contributed by atoms with E-state index in [9.17, 15) is 19.7 Å². The highest BCUT2D eigenvalue weighted by atomic mass is 16.6. The lowest BCUT2D eigenvalue weighted by Crippen LogP contribution is -2.43. The molecule has 0 spiro atoms. The molecule has 0 aliphatic carbocycles. The minimum absolute atomic E-state index is 0.0345. The van der Waals surface area contributed by atoms with E-state index < -0.39 is 16.7 Å². The van der Waals surface area contributed by atoms with E-state index in [1.165, 1.54) is 36.4 Å². The quantitative estimate of drug-likeness (QED) is 0.462. The number of ether oxygens (including phenoxy) is 1. The molecule has 0 heterocycles. The molecule has 0 bridgehead atoms. The van der Waals surface area contributed by atoms with Gasteiger partial charge in [0, 0.05) is 18.2 Å². The minimum atomic E-state index is -0.548. The van der Waals surface area contributed by atoms with Gasteiger partial charge in [-0.25, -0.2) is 0 Å². The number of carbonyl (C=O) groups excluding carboxylic acids is 2. The summed E-state index contributed by atoms with van der Waals surface area (Å²) in [5.74, 6) is -0.448. The first-order chi connectivity index (χ1) is 12.8. The Morgan fingerprint density at radius 2 is 1.81 bits per heavy atom. The lowest BCUT2D eigenvalue weighted by molar-refractivity contribution is -0.384. The van der Waals surface area contributed by atoms with Crippen LogP contribution < -0.4 is 15.6 Å². The molecule has 8 heteroatoms. The third kappa shape index (κ3) is 6.28. The number of nitro benzene ring substituents is 1. The molecule has 2 aromatic rings. The Morgan fingerprint density at radius 1 is 1.11 bits per heavy atom. The molecule has 0 unspecified atom stereocenters. The van der Waals surface area contributed by atoms with Crippen LogP contribution in [0.4, 0.5) is 5.69 Å². The average Bonchev–Trinajstić information content (AvgIpc) is 2.65. The Bertz CT molecular complexity index is 875. The maximum Gasteiger partial charge on any atom is 0.276 e. The molecule has 0 aliphatic heterocycles. The number of nitrogens with one attached hydrogen (secondary N) is 2. The number of non-ortho nitro benzene ring substituents is 1. The van der Waals surface area contributed by atoms with E-state index in [4.69, 9.17) is 4.74 Å². The van der Waals surface area contributed by atoms with Crippen LogP contribution in [0, 0.1) is 24.0 Å². The zero-order valence-corrected chi connectivity index (χ0v) is 14.9. The molecule has 0 saturated carbocycles. The molecule has 27 heavy (non-hydrogen) atoms. The highest BCUT2D eigenvalue weighted by Crippen LogP contribution is 2.18. The molecule has 2 amide bonds. The predicted octanol–water partition coefficient (Wildman–Crippen LogP) is 2.45. The standard InChI is InChI=1S/C19H19N3O5/c1-13-3-4-14(2)17(11-13)27-12-19(24)21-20-18(23)10-7-15-5-8-16(9-6-15)22(25)26/h3-11H,12H2,1-2H3,(H,20,23)(H,21,24)/b10-7+. The number of rotatable bonds is 6. The number of amides is 2. The van der Waals surface area contributed by atoms with Gasteiger partial charge in [0.1, 0.15) is 5.75 Å². The number of nitrogens with zero attached hydrogens (tertiary/aromatic N) is 1. The minimum Gasteiger partial charge on any atom is -0.483 e. The van der Waals surface area contributed by atoms with E-state index in [0.29, 0.717) is 11.3 Å². The summed E-state index contributed by atoms with van der Waals surface area (Å²) in [7, 11) is 0. The monoisotopic (exact) mass is 369 g/mol. The third-order valence-electron chi connectivity index (χ3n) is 3.56. The molecule has 8 nitrogen and oxygen atoms in total. The second-order valence-electron chi connectivity index (χ2n) is 5.78. The second kappa shape index (κ2) is 9.14. The summed E-state index contributed by atoms with van der Waals surface area (Å²) < 4.78 is 5.44. The van der Waals surface area contributed by atoms with E-state index in [-0.39, 0.29) is 12.3 Å². The van der Waals surface area contributed by atoms with Gasteiger partial charge in [0.25, 0.3) is 17.5 Å². The Hall–Kier alpha value is -3.68. The molecule has 0 aliphatic rings. The summed E-state index contributed by atoms with van der Waals surface area (Å²) in [5, 5.41) is 10.6. The number of hydrogen-bond donors (Lipinski definition) is 2. The van der Waals surface area contributed by atoms with Crippen LogP contribution in [0.15, 0.2) is 48.5 Å². The van der Waals surface area contributed by atoms with Gasteiger partial charge in [-0.05, 0) is 54.8 Å². The first-order valence-electron chi connectivity index (χ1n) is 8.06. The molecule has 0 aromatic heterocycles. The van der Waals surface area contributed by atoms with Crippen molar-refractivity contribution in [3.63, 3.8) is 0 Å². The summed E-state index contributed by atoms with van der Waals surface area (Å²) in [6.07, 6.45) is 2.67. The zero-order valence-electron chi connectivity index (χ0n) is 14.9. The first kappa shape index (κ1) is 19.6. The Labute approximate surface area is 156 Å². The van der Waals surface area contributed by atoms with Crippen molar-refractivity contribution in [1.82, 2.24) is 10.9 Å². The van der Waals surface area contributed by atoms with Crippen LogP contribution in [0.3, 0.4) is 0 Å². The van der Waals surface area contributed by atoms with Gasteiger partial charge in [-0.3, -0.25) is 30.6 Å². The average molecular weight is 369 g/mol. The third-order valence-corrected chi connectivity index (χ3v) is 3.56. The highest BCUT2D eigenvalue weighted by Gasteiger charge is 2.06. The molecule has 0 saturated heterocycles. The zero-order chi connectivity index (χ0) is 19.8. The number of hydrogen-bond acceptors (Lipinski definition) is 5. The first-order valence-corrected chi connectivity index (χ1v) is 8.06. The fourth-order valence-corrected chi connectivity index (χ4v) is 2.09. The molecule has 140 valence electrons. The van der Waals surface area contributed by atoms with E-state index in [1.807, 2.05) is 32.0 Å². The van der Waals surface area contributed by atoms with Gasteiger partial charge in [-0.1, -0.05) is 12.1 Å². The number of benzene rings is 2. The van der Waals surface area contributed by atoms with Crippen molar-refractivity contribution in [3.8, 4) is 5.75 Å². The summed E-state index contributed by atoms with van der Waals surface area (Å²) in [5.41, 5.74) is 6.97. The second-order valence-corrected chi connectivity index (χ2v) is 5.78. The van der Waals surface area contributed by atoms with Crippen LogP contribution in [0.2, 0.25) is 0 Å². The number of aryl methyl sites for hydroxylation is 2. The van der Waals surface area contributed by atoms with Crippen molar-refractivity contribution < 1.29 is 19.2 Å². The van der Waals surface area contributed by atoms with E-state index in [2.05, 4.69) is 10.9 Å². The van der Waals surface area contributed by atoms with Crippen molar-refractivity contribution in [1.29, 1.82) is 0 Å². The van der Waals surface area contributed by atoms with Crippen LogP contribution in [-0.4, -0.2) is 23.3 Å². The predicted molar refractivity (Wildman–Crippen MR) is 99.8 cm³/mol. The van der Waals surface area contributed by atoms with Crippen molar-refractivity contribution in [3.05, 3.63) is 75.3 Å². The maximum atomic E-state index is 11.8. The van der Waals surface area contributed by atoms with E-state index >= 15 is 0 Å². The summed E-state index contributed by atoms with van der Waals surface area (Å²) >= 11 is 0. The maximum absolute atomic E-state index is 11.8. The van der Waals surface area contributed by atoms with Crippen molar-refractivity contribution >= 4 is 23.6 Å². The van der Waals surface area contributed by atoms with Gasteiger partial charge in [0.05, 0.1) is 4.92 Å². The highest BCUT2D eigenvalue weighted by molar-refractivity contribution is 5.93. The largest absolute Gasteiger partial charge is 0.483 e. The topological polar surface area (TPSA) is 111 Å². The number of hydrazine groups is 1. The van der Waals surface area contributed by atoms with Crippen molar-refractivity contribution in [2.75, 3.05) is 6.61 Å². The lowest BCUT2D eigenvalue weighted by atomic mass is 10.1. The van der Waals surface area contributed by atoms with Gasteiger partial charge in [-0.2, -0.15) is 0 Å². The summed E-state index contributed by atoms with van der Waals surface area (Å²) in [4.78, 5) is 33.5. The smallest absolute Gasteiger partial charge is 0.276 e. The molecule has 2 rings (SSSR count). The van der Waals surface area contributed by atoms with Crippen LogP contribution >= 0.6 is 0 Å². The number of carbonyl (C=O) groups is 2. The van der Waals surface area contributed by atoms with E-state index in [0.717, 1.165) is 11.1 Å². The summed E-state index contributed by atoms with van der Waals surface area (Å²) in [6.45, 7) is 3.55. The normalized spacial score (nSPS) is 10.4. The fraction of sp³-hybridized carbons (Fsp3) is 0.158. The van der Waals surface area contributed by atoms with E-state index in [1.54, 1.807) is 0 Å².